The molecule has 0 aliphatic carbocycles. The van der Waals surface area contributed by atoms with Gasteiger partial charge in [-0.15, -0.1) is 0 Å². The molecule has 1 amide bonds. The molecule has 134 valence electrons. The zero-order valence-corrected chi connectivity index (χ0v) is 14.4. The molecule has 0 spiro atoms. The van der Waals surface area contributed by atoms with Crippen molar-refractivity contribution < 1.29 is 13.9 Å². The van der Waals surface area contributed by atoms with Crippen molar-refractivity contribution in [3.8, 4) is 0 Å². The zero-order chi connectivity index (χ0) is 18.1. The molecule has 3 heterocycles. The Labute approximate surface area is 149 Å². The number of rotatable bonds is 3. The molecule has 1 fully saturated rings. The number of hydrogen-bond acceptors (Lipinski definition) is 5. The zero-order valence-electron chi connectivity index (χ0n) is 14.4. The first-order valence-corrected chi connectivity index (χ1v) is 8.52. The fourth-order valence-electron chi connectivity index (χ4n) is 3.24. The lowest BCUT2D eigenvalue weighted by atomic mass is 10.1. The maximum atomic E-state index is 12.8. The van der Waals surface area contributed by atoms with E-state index in [0.29, 0.717) is 30.8 Å². The molecule has 1 aliphatic heterocycles. The van der Waals surface area contributed by atoms with Crippen LogP contribution in [0, 0.1) is 6.92 Å². The van der Waals surface area contributed by atoms with E-state index in [-0.39, 0.29) is 18.6 Å². The molecule has 1 unspecified atom stereocenters. The molecule has 0 saturated carbocycles. The van der Waals surface area contributed by atoms with Crippen LogP contribution in [-0.4, -0.2) is 40.1 Å². The minimum atomic E-state index is -0.519. The van der Waals surface area contributed by atoms with Crippen molar-refractivity contribution >= 4 is 17.0 Å². The third-order valence-corrected chi connectivity index (χ3v) is 4.58. The van der Waals surface area contributed by atoms with E-state index in [0.717, 1.165) is 11.3 Å². The maximum Gasteiger partial charge on any atom is 0.420 e. The summed E-state index contributed by atoms with van der Waals surface area (Å²) in [5, 5.41) is 0. The highest BCUT2D eigenvalue weighted by molar-refractivity contribution is 5.79. The summed E-state index contributed by atoms with van der Waals surface area (Å²) in [5.74, 6) is -0.646. The lowest BCUT2D eigenvalue weighted by Gasteiger charge is -2.33. The smallest absolute Gasteiger partial charge is 0.408 e. The number of morpholine rings is 1. The topological polar surface area (TPSA) is 77.6 Å². The average Bonchev–Trinajstić information content (AvgIpc) is 2.97. The summed E-state index contributed by atoms with van der Waals surface area (Å²) >= 11 is 0. The van der Waals surface area contributed by atoms with Gasteiger partial charge in [0.15, 0.2) is 5.58 Å². The van der Waals surface area contributed by atoms with Crippen molar-refractivity contribution in [2.75, 3.05) is 19.7 Å². The predicted octanol–water partition coefficient (Wildman–Crippen LogP) is 1.90. The second-order valence-corrected chi connectivity index (χ2v) is 6.35. The van der Waals surface area contributed by atoms with Gasteiger partial charge < -0.3 is 14.1 Å². The molecule has 1 aromatic carbocycles. The maximum absolute atomic E-state index is 12.8. The second kappa shape index (κ2) is 6.76. The number of amides is 1. The van der Waals surface area contributed by atoms with E-state index in [9.17, 15) is 9.59 Å². The highest BCUT2D eigenvalue weighted by Crippen LogP contribution is 2.23. The number of aryl methyl sites for hydroxylation is 1. The van der Waals surface area contributed by atoms with Crippen molar-refractivity contribution in [2.45, 2.75) is 19.6 Å². The van der Waals surface area contributed by atoms with Crippen molar-refractivity contribution in [3.63, 3.8) is 0 Å². The lowest BCUT2D eigenvalue weighted by molar-refractivity contribution is -0.139. The van der Waals surface area contributed by atoms with Crippen molar-refractivity contribution in [2.24, 2.45) is 0 Å². The van der Waals surface area contributed by atoms with Crippen LogP contribution in [0.3, 0.4) is 0 Å². The summed E-state index contributed by atoms with van der Waals surface area (Å²) in [7, 11) is 0. The molecule has 0 radical (unpaired) electrons. The van der Waals surface area contributed by atoms with Crippen LogP contribution in [0.4, 0.5) is 0 Å². The molecule has 1 aliphatic rings. The highest BCUT2D eigenvalue weighted by Gasteiger charge is 2.26. The van der Waals surface area contributed by atoms with Gasteiger partial charge in [-0.1, -0.05) is 12.1 Å². The van der Waals surface area contributed by atoms with Crippen LogP contribution in [0.2, 0.25) is 0 Å². The van der Waals surface area contributed by atoms with E-state index in [4.69, 9.17) is 9.15 Å². The molecule has 7 heteroatoms. The fraction of sp³-hybridized carbons (Fsp3) is 0.316. The quantitative estimate of drug-likeness (QED) is 0.719. The number of carbonyl (C=O) groups excluding carboxylic acids is 1. The summed E-state index contributed by atoms with van der Waals surface area (Å²) in [6.07, 6.45) is 1.55. The van der Waals surface area contributed by atoms with Crippen LogP contribution in [-0.2, 0) is 16.1 Å². The normalized spacial score (nSPS) is 17.6. The van der Waals surface area contributed by atoms with E-state index >= 15 is 0 Å². The molecule has 4 rings (SSSR count). The molecule has 1 atom stereocenters. The van der Waals surface area contributed by atoms with E-state index in [1.54, 1.807) is 29.3 Å². The number of nitrogens with zero attached hydrogens (tertiary/aromatic N) is 3. The monoisotopic (exact) mass is 353 g/mol. The van der Waals surface area contributed by atoms with E-state index in [2.05, 4.69) is 4.98 Å². The molecular formula is C19H19N3O4. The number of hydrogen-bond donors (Lipinski definition) is 0. The van der Waals surface area contributed by atoms with Gasteiger partial charge in [0, 0.05) is 18.4 Å². The van der Waals surface area contributed by atoms with Gasteiger partial charge in [-0.3, -0.25) is 14.3 Å². The summed E-state index contributed by atoms with van der Waals surface area (Å²) < 4.78 is 12.4. The Bertz CT molecular complexity index is 1010. The summed E-state index contributed by atoms with van der Waals surface area (Å²) in [5.41, 5.74) is 3.02. The third kappa shape index (κ3) is 3.13. The Hall–Kier alpha value is -2.93. The molecule has 26 heavy (non-hydrogen) atoms. The van der Waals surface area contributed by atoms with Crippen LogP contribution in [0.5, 0.6) is 0 Å². The number of oxazole rings is 1. The fourth-order valence-corrected chi connectivity index (χ4v) is 3.24. The van der Waals surface area contributed by atoms with Gasteiger partial charge in [0.1, 0.15) is 12.6 Å². The average molecular weight is 353 g/mol. The number of benzene rings is 1. The molecular weight excluding hydrogens is 334 g/mol. The number of ether oxygens (including phenoxy) is 1. The van der Waals surface area contributed by atoms with Gasteiger partial charge in [0.05, 0.1) is 18.7 Å². The van der Waals surface area contributed by atoms with E-state index in [1.807, 2.05) is 25.1 Å². The molecule has 2 aromatic heterocycles. The Morgan fingerprint density at radius 1 is 1.31 bits per heavy atom. The molecule has 1 saturated heterocycles. The second-order valence-electron chi connectivity index (χ2n) is 6.35. The number of carbonyl (C=O) groups is 1. The summed E-state index contributed by atoms with van der Waals surface area (Å²) in [6.45, 7) is 3.29. The number of para-hydroxylation sites is 2. The largest absolute Gasteiger partial charge is 0.420 e. The SMILES string of the molecule is Cc1cc(C2CN(C(=O)Cn3c(=O)oc4ccccc43)CCO2)ccn1. The van der Waals surface area contributed by atoms with Gasteiger partial charge in [-0.05, 0) is 36.8 Å². The lowest BCUT2D eigenvalue weighted by Crippen LogP contribution is -2.44. The van der Waals surface area contributed by atoms with Gasteiger partial charge in [-0.25, -0.2) is 4.79 Å². The van der Waals surface area contributed by atoms with Crippen molar-refractivity contribution in [1.82, 2.24) is 14.5 Å². The van der Waals surface area contributed by atoms with Gasteiger partial charge in [0.25, 0.3) is 0 Å². The highest BCUT2D eigenvalue weighted by atomic mass is 16.5. The molecule has 0 N–H and O–H groups in total. The first-order chi connectivity index (χ1) is 12.6. The Kier molecular flexibility index (Phi) is 4.30. The number of fused-ring (bicyclic) bond motifs is 1. The first-order valence-electron chi connectivity index (χ1n) is 8.52. The Morgan fingerprint density at radius 2 is 2.15 bits per heavy atom. The standard InChI is InChI=1S/C19H19N3O4/c1-13-10-14(6-7-20-13)17-11-21(8-9-25-17)18(23)12-22-15-4-2-3-5-16(15)26-19(22)24/h2-7,10,17H,8-9,11-12H2,1H3. The van der Waals surface area contributed by atoms with E-state index in [1.165, 1.54) is 4.57 Å². The van der Waals surface area contributed by atoms with Crippen LogP contribution in [0.25, 0.3) is 11.1 Å². The number of pyridine rings is 1. The number of aromatic nitrogens is 2. The van der Waals surface area contributed by atoms with Crippen molar-refractivity contribution in [1.29, 1.82) is 0 Å². The van der Waals surface area contributed by atoms with Gasteiger partial charge >= 0.3 is 5.76 Å². The Balaban J connectivity index is 1.52. The molecule has 3 aromatic rings. The van der Waals surface area contributed by atoms with Gasteiger partial charge in [-0.2, -0.15) is 0 Å². The van der Waals surface area contributed by atoms with Gasteiger partial charge in [0.2, 0.25) is 5.91 Å². The van der Waals surface area contributed by atoms with E-state index < -0.39 is 5.76 Å². The first kappa shape index (κ1) is 16.5. The van der Waals surface area contributed by atoms with Crippen molar-refractivity contribution in [3.05, 3.63) is 64.4 Å². The third-order valence-electron chi connectivity index (χ3n) is 4.58. The van der Waals surface area contributed by atoms with Crippen LogP contribution < -0.4 is 5.76 Å². The molecule has 0 bridgehead atoms. The molecule has 7 nitrogen and oxygen atoms in total. The summed E-state index contributed by atoms with van der Waals surface area (Å²) in [4.78, 5) is 30.8. The van der Waals surface area contributed by atoms with Crippen LogP contribution in [0.1, 0.15) is 17.4 Å². The summed E-state index contributed by atoms with van der Waals surface area (Å²) in [6, 6.07) is 11.0. The van der Waals surface area contributed by atoms with Crippen LogP contribution in [0.15, 0.2) is 51.8 Å². The Morgan fingerprint density at radius 3 is 3.00 bits per heavy atom. The predicted molar refractivity (Wildman–Crippen MR) is 94.7 cm³/mol. The minimum Gasteiger partial charge on any atom is -0.408 e. The minimum absolute atomic E-state index is 0.0437. The van der Waals surface area contributed by atoms with Crippen LogP contribution >= 0.6 is 0 Å².